The molecule has 0 aliphatic carbocycles. The Morgan fingerprint density at radius 3 is 2.23 bits per heavy atom. The highest BCUT2D eigenvalue weighted by molar-refractivity contribution is 4.43. The smallest absolute Gasteiger partial charge is 0.277 e. The molecule has 0 aromatic heterocycles. The average Bonchev–Trinajstić information content (AvgIpc) is 2.09. The molecule has 0 amide bonds. The molecule has 0 aliphatic heterocycles. The van der Waals surface area contributed by atoms with Crippen molar-refractivity contribution >= 4 is 0 Å². The topological polar surface area (TPSA) is 47.9 Å². The first-order chi connectivity index (χ1) is 6.12. The predicted molar refractivity (Wildman–Crippen MR) is 49.3 cm³/mol. The molecule has 4 nitrogen and oxygen atoms in total. The lowest BCUT2D eigenvalue weighted by Gasteiger charge is -2.23. The number of ether oxygens (including phenoxy) is 3. The third-order valence-corrected chi connectivity index (χ3v) is 1.38. The van der Waals surface area contributed by atoms with Gasteiger partial charge in [-0.3, -0.25) is 0 Å². The van der Waals surface area contributed by atoms with Crippen molar-refractivity contribution in [2.75, 3.05) is 26.4 Å². The Hall–Kier alpha value is -0.160. The zero-order valence-corrected chi connectivity index (χ0v) is 8.71. The molecule has 0 saturated heterocycles. The summed E-state index contributed by atoms with van der Waals surface area (Å²) in [7, 11) is 0. The van der Waals surface area contributed by atoms with Crippen LogP contribution >= 0.6 is 0 Å². The van der Waals surface area contributed by atoms with Crippen LogP contribution < -0.4 is 0 Å². The van der Waals surface area contributed by atoms with E-state index in [0.29, 0.717) is 26.4 Å². The fraction of sp³-hybridized carbons (Fsp3) is 1.00. The van der Waals surface area contributed by atoms with Gasteiger partial charge >= 0.3 is 0 Å². The Bertz CT molecular complexity index is 114. The standard InChI is InChI=1S/C9H20O4/c1-4-6-12-9(3,10)13-8-7-11-5-2/h10H,4-8H2,1-3H3. The summed E-state index contributed by atoms with van der Waals surface area (Å²) in [5.41, 5.74) is 0. The van der Waals surface area contributed by atoms with E-state index in [1.54, 1.807) is 0 Å². The van der Waals surface area contributed by atoms with Crippen LogP contribution in [0.15, 0.2) is 0 Å². The van der Waals surface area contributed by atoms with Crippen molar-refractivity contribution in [3.05, 3.63) is 0 Å². The number of hydrogen-bond donors (Lipinski definition) is 1. The Morgan fingerprint density at radius 2 is 1.69 bits per heavy atom. The molecular weight excluding hydrogens is 172 g/mol. The van der Waals surface area contributed by atoms with Crippen LogP contribution in [0.3, 0.4) is 0 Å². The van der Waals surface area contributed by atoms with Gasteiger partial charge in [-0.1, -0.05) is 6.92 Å². The molecule has 0 bridgehead atoms. The molecule has 1 unspecified atom stereocenters. The summed E-state index contributed by atoms with van der Waals surface area (Å²) in [5.74, 6) is -1.48. The van der Waals surface area contributed by atoms with Crippen molar-refractivity contribution in [1.82, 2.24) is 0 Å². The summed E-state index contributed by atoms with van der Waals surface area (Å²) in [6.45, 7) is 7.31. The molecule has 0 rings (SSSR count). The van der Waals surface area contributed by atoms with Crippen molar-refractivity contribution in [3.8, 4) is 0 Å². The second-order valence-corrected chi connectivity index (χ2v) is 2.79. The van der Waals surface area contributed by atoms with Crippen LogP contribution in [0.4, 0.5) is 0 Å². The zero-order chi connectivity index (χ0) is 10.2. The molecule has 4 heteroatoms. The van der Waals surface area contributed by atoms with Crippen LogP contribution in [-0.4, -0.2) is 37.5 Å². The minimum absolute atomic E-state index is 0.338. The summed E-state index contributed by atoms with van der Waals surface area (Å²) in [6.07, 6.45) is 0.852. The van der Waals surface area contributed by atoms with E-state index in [0.717, 1.165) is 6.42 Å². The third-order valence-electron chi connectivity index (χ3n) is 1.38. The van der Waals surface area contributed by atoms with Crippen LogP contribution in [0.5, 0.6) is 0 Å². The zero-order valence-electron chi connectivity index (χ0n) is 8.71. The van der Waals surface area contributed by atoms with Crippen LogP contribution in [0.25, 0.3) is 0 Å². The van der Waals surface area contributed by atoms with Crippen molar-refractivity contribution < 1.29 is 19.3 Å². The van der Waals surface area contributed by atoms with Gasteiger partial charge in [0.2, 0.25) is 0 Å². The molecule has 1 atom stereocenters. The van der Waals surface area contributed by atoms with E-state index in [1.807, 2.05) is 13.8 Å². The Kier molecular flexibility index (Phi) is 7.17. The maximum Gasteiger partial charge on any atom is 0.277 e. The van der Waals surface area contributed by atoms with Crippen molar-refractivity contribution in [3.63, 3.8) is 0 Å². The normalized spacial score (nSPS) is 15.7. The first-order valence-electron chi connectivity index (χ1n) is 4.70. The maximum absolute atomic E-state index is 9.44. The van der Waals surface area contributed by atoms with Gasteiger partial charge in [-0.05, 0) is 13.3 Å². The van der Waals surface area contributed by atoms with E-state index in [9.17, 15) is 5.11 Å². The van der Waals surface area contributed by atoms with Gasteiger partial charge in [-0.2, -0.15) is 0 Å². The summed E-state index contributed by atoms with van der Waals surface area (Å²) in [6, 6.07) is 0. The molecule has 0 fully saturated rings. The predicted octanol–water partition coefficient (Wildman–Crippen LogP) is 1.13. The van der Waals surface area contributed by atoms with E-state index in [1.165, 1.54) is 6.92 Å². The monoisotopic (exact) mass is 192 g/mol. The van der Waals surface area contributed by atoms with E-state index in [2.05, 4.69) is 0 Å². The summed E-state index contributed by atoms with van der Waals surface area (Å²) in [5, 5.41) is 9.44. The van der Waals surface area contributed by atoms with Gasteiger partial charge in [0.15, 0.2) is 0 Å². The van der Waals surface area contributed by atoms with E-state index < -0.39 is 5.97 Å². The molecule has 0 spiro atoms. The Balaban J connectivity index is 3.39. The van der Waals surface area contributed by atoms with Gasteiger partial charge in [-0.25, -0.2) is 0 Å². The largest absolute Gasteiger partial charge is 0.379 e. The van der Waals surface area contributed by atoms with E-state index in [-0.39, 0.29) is 0 Å². The molecule has 0 aromatic rings. The summed E-state index contributed by atoms with van der Waals surface area (Å²) in [4.78, 5) is 0. The minimum atomic E-state index is -1.48. The van der Waals surface area contributed by atoms with Crippen LogP contribution in [0.2, 0.25) is 0 Å². The van der Waals surface area contributed by atoms with Gasteiger partial charge < -0.3 is 19.3 Å². The van der Waals surface area contributed by atoms with Crippen LogP contribution in [0, 0.1) is 0 Å². The van der Waals surface area contributed by atoms with Crippen molar-refractivity contribution in [2.24, 2.45) is 0 Å². The SMILES string of the molecule is CCCOC(C)(O)OCCOCC. The molecule has 0 heterocycles. The van der Waals surface area contributed by atoms with Crippen molar-refractivity contribution in [1.29, 1.82) is 0 Å². The molecule has 0 aromatic carbocycles. The first kappa shape index (κ1) is 12.8. The van der Waals surface area contributed by atoms with E-state index >= 15 is 0 Å². The molecule has 0 aliphatic rings. The first-order valence-corrected chi connectivity index (χ1v) is 4.70. The maximum atomic E-state index is 9.44. The highest BCUT2D eigenvalue weighted by Gasteiger charge is 2.20. The molecule has 13 heavy (non-hydrogen) atoms. The van der Waals surface area contributed by atoms with Gasteiger partial charge in [0.1, 0.15) is 0 Å². The lowest BCUT2D eigenvalue weighted by Crippen LogP contribution is -2.33. The van der Waals surface area contributed by atoms with Gasteiger partial charge in [-0.15, -0.1) is 0 Å². The molecule has 1 N–H and O–H groups in total. The summed E-state index contributed by atoms with van der Waals surface area (Å²) < 4.78 is 15.1. The molecule has 0 saturated carbocycles. The number of aliphatic hydroxyl groups is 1. The van der Waals surface area contributed by atoms with Crippen molar-refractivity contribution in [2.45, 2.75) is 33.2 Å². The second kappa shape index (κ2) is 7.26. The minimum Gasteiger partial charge on any atom is -0.379 e. The summed E-state index contributed by atoms with van der Waals surface area (Å²) >= 11 is 0. The lowest BCUT2D eigenvalue weighted by molar-refractivity contribution is -0.350. The average molecular weight is 192 g/mol. The number of rotatable bonds is 8. The highest BCUT2D eigenvalue weighted by atomic mass is 16.8. The van der Waals surface area contributed by atoms with Gasteiger partial charge in [0.25, 0.3) is 5.97 Å². The Morgan fingerprint density at radius 1 is 1.08 bits per heavy atom. The lowest BCUT2D eigenvalue weighted by atomic mass is 10.5. The Labute approximate surface area is 79.8 Å². The fourth-order valence-electron chi connectivity index (χ4n) is 0.767. The fourth-order valence-corrected chi connectivity index (χ4v) is 0.767. The van der Waals surface area contributed by atoms with Gasteiger partial charge in [0, 0.05) is 13.5 Å². The molecule has 0 radical (unpaired) electrons. The highest BCUT2D eigenvalue weighted by Crippen LogP contribution is 2.07. The molecular formula is C9H20O4. The molecule has 80 valence electrons. The number of hydrogen-bond acceptors (Lipinski definition) is 4. The van der Waals surface area contributed by atoms with Gasteiger partial charge in [0.05, 0.1) is 19.8 Å². The third kappa shape index (κ3) is 8.18. The van der Waals surface area contributed by atoms with E-state index in [4.69, 9.17) is 14.2 Å². The van der Waals surface area contributed by atoms with Crippen LogP contribution in [-0.2, 0) is 14.2 Å². The second-order valence-electron chi connectivity index (χ2n) is 2.79. The van der Waals surface area contributed by atoms with Crippen LogP contribution in [0.1, 0.15) is 27.2 Å². The quantitative estimate of drug-likeness (QED) is 0.462.